The van der Waals surface area contributed by atoms with E-state index in [1.54, 1.807) is 0 Å². The van der Waals surface area contributed by atoms with Crippen molar-refractivity contribution in [2.24, 2.45) is 0 Å². The molecule has 0 spiro atoms. The summed E-state index contributed by atoms with van der Waals surface area (Å²) in [5, 5.41) is -0.399. The number of halogens is 4. The predicted molar refractivity (Wildman–Crippen MR) is 71.5 cm³/mol. The second kappa shape index (κ2) is 4.61. The molecule has 0 fully saturated rings. The van der Waals surface area contributed by atoms with Crippen LogP contribution in [0.5, 0.6) is 0 Å². The monoisotopic (exact) mass is 424 g/mol. The van der Waals surface area contributed by atoms with E-state index in [-0.39, 0.29) is 32.8 Å². The zero-order chi connectivity index (χ0) is 14.7. The van der Waals surface area contributed by atoms with Gasteiger partial charge in [-0.25, -0.2) is 0 Å². The Balaban J connectivity index is 2.40. The van der Waals surface area contributed by atoms with E-state index in [1.807, 2.05) is 0 Å². The Labute approximate surface area is 126 Å². The Morgan fingerprint density at radius 2 is 1.52 bits per heavy atom. The van der Waals surface area contributed by atoms with Gasteiger partial charge in [-0.05, 0) is 0 Å². The Morgan fingerprint density at radius 3 is 2.29 bits per heavy atom. The third kappa shape index (κ3) is 1.75. The van der Waals surface area contributed by atoms with Crippen LogP contribution < -0.4 is 5.46 Å². The van der Waals surface area contributed by atoms with Crippen LogP contribution in [0.2, 0.25) is 0 Å². The second-order valence-corrected chi connectivity index (χ2v) is 6.45. The number of hydrogen-bond acceptors (Lipinski definition) is 4. The number of nitrogens with zero attached hydrogens (tertiary/aromatic N) is 4. The molecule has 2 aromatic carbocycles. The van der Waals surface area contributed by atoms with Crippen LogP contribution in [0, 0.1) is 11.6 Å². The second-order valence-electron chi connectivity index (χ2n) is 4.23. The quantitative estimate of drug-likeness (QED) is 0.336. The molecule has 0 saturated carbocycles. The molecule has 0 aliphatic heterocycles. The van der Waals surface area contributed by atoms with Gasteiger partial charge in [0.05, 0.1) is 0 Å². The molecule has 0 aliphatic rings. The maximum absolute atomic E-state index is 14.6. The van der Waals surface area contributed by atoms with Gasteiger partial charge < -0.3 is 0 Å². The first kappa shape index (κ1) is 13.4. The van der Waals surface area contributed by atoms with Crippen LogP contribution in [-0.2, 0) is 0 Å². The van der Waals surface area contributed by atoms with Crippen LogP contribution in [0.15, 0.2) is 6.07 Å². The molecule has 4 aromatic rings. The average molecular weight is 422 g/mol. The number of rotatable bonds is 1. The molecule has 0 radical (unpaired) electrons. The van der Waals surface area contributed by atoms with Gasteiger partial charge in [-0.1, -0.05) is 0 Å². The minimum atomic E-state index is -3.06. The van der Waals surface area contributed by atoms with Gasteiger partial charge in [-0.3, -0.25) is 0 Å². The van der Waals surface area contributed by atoms with Crippen molar-refractivity contribution in [3.05, 3.63) is 17.7 Å². The van der Waals surface area contributed by atoms with Gasteiger partial charge in [0.1, 0.15) is 0 Å². The number of benzene rings is 2. The van der Waals surface area contributed by atoms with Crippen LogP contribution in [0.4, 0.5) is 17.4 Å². The van der Waals surface area contributed by atoms with E-state index in [4.69, 9.17) is 0 Å². The van der Waals surface area contributed by atoms with Crippen LogP contribution in [0.3, 0.4) is 0 Å². The summed E-state index contributed by atoms with van der Waals surface area (Å²) in [4.78, 5) is 0. The van der Waals surface area contributed by atoms with Crippen molar-refractivity contribution in [3.63, 3.8) is 0 Å². The molecule has 2 aromatic heterocycles. The first-order valence-corrected chi connectivity index (χ1v) is 8.62. The van der Waals surface area contributed by atoms with Gasteiger partial charge in [0, 0.05) is 0 Å². The van der Waals surface area contributed by atoms with Gasteiger partial charge in [-0.2, -0.15) is 0 Å². The van der Waals surface area contributed by atoms with Gasteiger partial charge in [0.2, 0.25) is 0 Å². The molecule has 0 saturated heterocycles. The van der Waals surface area contributed by atoms with Gasteiger partial charge in [0.15, 0.2) is 0 Å². The molecule has 11 heteroatoms. The van der Waals surface area contributed by atoms with Crippen LogP contribution in [0.1, 0.15) is 0 Å². The van der Waals surface area contributed by atoms with Crippen molar-refractivity contribution in [1.82, 2.24) is 15.9 Å². The van der Waals surface area contributed by atoms with E-state index in [1.165, 1.54) is 0 Å². The summed E-state index contributed by atoms with van der Waals surface area (Å²) in [7, 11) is -3.06. The number of aromatic nitrogens is 4. The molecule has 2 heterocycles. The van der Waals surface area contributed by atoms with Crippen LogP contribution >= 0.6 is 0 Å². The number of hydrogen-bond donors (Lipinski definition) is 0. The fourth-order valence-electron chi connectivity index (χ4n) is 2.31. The van der Waals surface area contributed by atoms with Crippen LogP contribution in [-0.4, -0.2) is 53.1 Å². The SMILES string of the molecule is FB(F)c1c(F)c2c3n[se]nc3cc(F)c2c2n[se]nc12. The molecule has 104 valence electrons. The minimum absolute atomic E-state index is 0.00315. The summed E-state index contributed by atoms with van der Waals surface area (Å²) in [5.74, 6) is -1.92. The normalized spacial score (nSPS) is 11.8. The standard InChI is InChI=1S/C10HBF4N4Se2/c12-2-1-3-8(17-20-16-3)5-4(2)9-10(19-21-18-9)6(7(5)13)11(14)15/h1H. The third-order valence-corrected chi connectivity index (χ3v) is 5.40. The fraction of sp³-hybridized carbons (Fsp3) is 0. The molecule has 0 aliphatic carbocycles. The zero-order valence-electron chi connectivity index (χ0n) is 9.77. The van der Waals surface area contributed by atoms with Crippen molar-refractivity contribution in [2.45, 2.75) is 0 Å². The zero-order valence-corrected chi connectivity index (χ0v) is 13.2. The van der Waals surface area contributed by atoms with Crippen LogP contribution in [0.25, 0.3) is 32.8 Å². The molecule has 4 nitrogen and oxygen atoms in total. The van der Waals surface area contributed by atoms with Crippen molar-refractivity contribution in [3.8, 4) is 0 Å². The molecule has 0 unspecified atom stereocenters. The van der Waals surface area contributed by atoms with Crippen molar-refractivity contribution in [1.29, 1.82) is 0 Å². The Hall–Kier alpha value is -1.28. The van der Waals surface area contributed by atoms with Gasteiger partial charge in [-0.15, -0.1) is 0 Å². The first-order chi connectivity index (χ1) is 10.1. The van der Waals surface area contributed by atoms with E-state index in [2.05, 4.69) is 15.9 Å². The summed E-state index contributed by atoms with van der Waals surface area (Å²) in [6.45, 7) is 0. The Morgan fingerprint density at radius 1 is 0.857 bits per heavy atom. The molecule has 0 amide bonds. The molecule has 4 rings (SSSR count). The predicted octanol–water partition coefficient (Wildman–Crippen LogP) is 0.753. The maximum atomic E-state index is 14.6. The number of fused-ring (bicyclic) bond motifs is 5. The van der Waals surface area contributed by atoms with E-state index in [0.717, 1.165) is 6.07 Å². The van der Waals surface area contributed by atoms with Crippen molar-refractivity contribution in [2.75, 3.05) is 0 Å². The van der Waals surface area contributed by atoms with Crippen molar-refractivity contribution < 1.29 is 17.4 Å². The molecule has 0 bridgehead atoms. The summed E-state index contributed by atoms with van der Waals surface area (Å²) >= 11 is -1.20. The van der Waals surface area contributed by atoms with E-state index >= 15 is 0 Å². The van der Waals surface area contributed by atoms with Crippen molar-refractivity contribution >= 4 is 75.5 Å². The summed E-state index contributed by atoms with van der Waals surface area (Å²) in [6, 6.07) is 1.14. The Bertz CT molecular complexity index is 1010. The molecular weight excluding hydrogens is 421 g/mol. The van der Waals surface area contributed by atoms with Gasteiger partial charge >= 0.3 is 127 Å². The van der Waals surface area contributed by atoms with E-state index in [9.17, 15) is 17.4 Å². The summed E-state index contributed by atoms with van der Waals surface area (Å²) < 4.78 is 71.0. The average Bonchev–Trinajstić information content (AvgIpc) is 3.05. The molecule has 21 heavy (non-hydrogen) atoms. The third-order valence-electron chi connectivity index (χ3n) is 3.16. The van der Waals surface area contributed by atoms with E-state index < -0.39 is 54.3 Å². The summed E-state index contributed by atoms with van der Waals surface area (Å²) in [6.07, 6.45) is 0. The first-order valence-electron chi connectivity index (χ1n) is 5.56. The topological polar surface area (TPSA) is 51.6 Å². The molecule has 0 atom stereocenters. The molecule has 0 N–H and O–H groups in total. The van der Waals surface area contributed by atoms with Gasteiger partial charge in [0.25, 0.3) is 0 Å². The van der Waals surface area contributed by atoms with E-state index in [0.29, 0.717) is 0 Å². The summed E-state index contributed by atoms with van der Waals surface area (Å²) in [5.41, 5.74) is -0.753. The Kier molecular flexibility index (Phi) is 2.94. The fourth-order valence-corrected chi connectivity index (χ4v) is 4.62. The molecular formula is C10HBF4N4Se2.